The van der Waals surface area contributed by atoms with E-state index in [2.05, 4.69) is 20.2 Å². The Labute approximate surface area is 225 Å². The summed E-state index contributed by atoms with van der Waals surface area (Å²) in [5.74, 6) is 0.0492. The molecule has 0 aliphatic rings. The summed E-state index contributed by atoms with van der Waals surface area (Å²) in [5.41, 5.74) is 1.65. The van der Waals surface area contributed by atoms with E-state index in [0.29, 0.717) is 16.7 Å². The highest BCUT2D eigenvalue weighted by atomic mass is 32.2. The molecule has 1 amide bonds. The van der Waals surface area contributed by atoms with E-state index in [-0.39, 0.29) is 22.4 Å². The molecule has 0 spiro atoms. The lowest BCUT2D eigenvalue weighted by molar-refractivity contribution is -0.286. The van der Waals surface area contributed by atoms with E-state index >= 15 is 0 Å². The van der Waals surface area contributed by atoms with E-state index in [0.717, 1.165) is 0 Å². The zero-order valence-electron chi connectivity index (χ0n) is 20.3. The number of carbonyl (C=O) groups excluding carboxylic acids is 3. The van der Waals surface area contributed by atoms with Crippen molar-refractivity contribution in [1.82, 2.24) is 5.32 Å². The highest BCUT2D eigenvalue weighted by Gasteiger charge is 2.43. The number of nitrogens with zero attached hydrogens (tertiary/aromatic N) is 1. The molecule has 1 atom stereocenters. The van der Waals surface area contributed by atoms with Crippen LogP contribution in [0.4, 0.5) is 13.2 Å². The van der Waals surface area contributed by atoms with Gasteiger partial charge in [0, 0.05) is 17.5 Å². The molecule has 0 heterocycles. The second-order valence-corrected chi connectivity index (χ2v) is 9.67. The van der Waals surface area contributed by atoms with Gasteiger partial charge in [-0.25, -0.2) is 32.9 Å². The Bertz CT molecular complexity index is 1540. The number of amides is 1. The summed E-state index contributed by atoms with van der Waals surface area (Å²) in [5, 5.41) is 11.0. The summed E-state index contributed by atoms with van der Waals surface area (Å²) in [4.78, 5) is 43.9. The molecule has 0 radical (unpaired) electrons. The van der Waals surface area contributed by atoms with E-state index in [1.165, 1.54) is 48.7 Å². The lowest BCUT2D eigenvalue weighted by Crippen LogP contribution is -2.44. The first-order valence-corrected chi connectivity index (χ1v) is 12.7. The van der Waals surface area contributed by atoms with Crippen molar-refractivity contribution in [3.63, 3.8) is 0 Å². The van der Waals surface area contributed by atoms with Crippen LogP contribution in [0.2, 0.25) is 0 Å². The predicted octanol–water partition coefficient (Wildman–Crippen LogP) is 2.20. The minimum absolute atomic E-state index is 0.00550. The van der Waals surface area contributed by atoms with Crippen LogP contribution < -0.4 is 16.3 Å². The van der Waals surface area contributed by atoms with Gasteiger partial charge in [0.05, 0.1) is 11.1 Å². The van der Waals surface area contributed by atoms with Gasteiger partial charge in [0.25, 0.3) is 5.91 Å². The maximum absolute atomic E-state index is 12.9. The molecule has 0 aliphatic heterocycles. The standard InChI is InChI=1S/C25H21F3N4O7S/c26-25(27,28)24(35)39-38-23(34)20(13-15-4-3-5-16(12-15)14-31-29)32-22(33)18-10-8-17(9-11-18)19-6-1-2-7-21(19)40(30,36)37/h1-12,14,20H,13,29H2,(H,32,33)(H2,30,36,37)/b31-14+/t20-/m0/s1. The molecule has 210 valence electrons. The van der Waals surface area contributed by atoms with Crippen LogP contribution in [-0.4, -0.2) is 44.7 Å². The summed E-state index contributed by atoms with van der Waals surface area (Å²) >= 11 is 0. The third-order valence-corrected chi connectivity index (χ3v) is 6.26. The lowest BCUT2D eigenvalue weighted by Gasteiger charge is -2.17. The molecule has 0 unspecified atom stereocenters. The molecule has 0 fully saturated rings. The number of hydrogen-bond donors (Lipinski definition) is 3. The third kappa shape index (κ3) is 7.87. The molecular formula is C25H21F3N4O7S. The Balaban J connectivity index is 1.84. The van der Waals surface area contributed by atoms with E-state index in [1.54, 1.807) is 30.3 Å². The van der Waals surface area contributed by atoms with E-state index in [1.807, 2.05) is 0 Å². The monoisotopic (exact) mass is 578 g/mol. The van der Waals surface area contributed by atoms with Gasteiger partial charge in [0.1, 0.15) is 6.04 Å². The molecule has 0 bridgehead atoms. The summed E-state index contributed by atoms with van der Waals surface area (Å²) in [7, 11) is -4.04. The number of halogens is 3. The van der Waals surface area contributed by atoms with Crippen LogP contribution in [0, 0.1) is 0 Å². The van der Waals surface area contributed by atoms with Gasteiger partial charge in [0.15, 0.2) is 0 Å². The average molecular weight is 579 g/mol. The number of nitrogens with one attached hydrogen (secondary N) is 1. The van der Waals surface area contributed by atoms with Gasteiger partial charge < -0.3 is 11.2 Å². The topological polar surface area (TPSA) is 180 Å². The number of alkyl halides is 3. The maximum Gasteiger partial charge on any atom is 0.495 e. The van der Waals surface area contributed by atoms with Crippen LogP contribution in [-0.2, 0) is 35.8 Å². The zero-order valence-corrected chi connectivity index (χ0v) is 21.1. The maximum atomic E-state index is 12.9. The molecule has 3 aromatic rings. The number of hydrogen-bond acceptors (Lipinski definition) is 9. The molecule has 5 N–H and O–H groups in total. The van der Waals surface area contributed by atoms with Crippen LogP contribution >= 0.6 is 0 Å². The third-order valence-electron chi connectivity index (χ3n) is 5.29. The highest BCUT2D eigenvalue weighted by molar-refractivity contribution is 7.89. The molecule has 0 aromatic heterocycles. The van der Waals surface area contributed by atoms with Crippen molar-refractivity contribution in [3.05, 3.63) is 89.5 Å². The Morgan fingerprint density at radius 2 is 1.65 bits per heavy atom. The second kappa shape index (κ2) is 12.4. The number of hydrazone groups is 1. The fourth-order valence-corrected chi connectivity index (χ4v) is 4.26. The number of benzene rings is 3. The van der Waals surface area contributed by atoms with Gasteiger partial charge in [-0.05, 0) is 34.9 Å². The van der Waals surface area contributed by atoms with Crippen molar-refractivity contribution in [2.75, 3.05) is 0 Å². The first kappa shape index (κ1) is 29.8. The quantitative estimate of drug-likeness (QED) is 0.157. The van der Waals surface area contributed by atoms with Crippen molar-refractivity contribution in [2.24, 2.45) is 16.1 Å². The van der Waals surface area contributed by atoms with Crippen molar-refractivity contribution in [2.45, 2.75) is 23.5 Å². The predicted molar refractivity (Wildman–Crippen MR) is 135 cm³/mol. The molecular weight excluding hydrogens is 557 g/mol. The Morgan fingerprint density at radius 3 is 2.27 bits per heavy atom. The van der Waals surface area contributed by atoms with Crippen molar-refractivity contribution in [1.29, 1.82) is 0 Å². The zero-order chi connectivity index (χ0) is 29.5. The Kier molecular flexibility index (Phi) is 9.23. The first-order valence-electron chi connectivity index (χ1n) is 11.1. The van der Waals surface area contributed by atoms with Crippen LogP contribution in [0.3, 0.4) is 0 Å². The molecule has 0 saturated heterocycles. The van der Waals surface area contributed by atoms with Gasteiger partial charge in [0.2, 0.25) is 10.0 Å². The van der Waals surface area contributed by atoms with Gasteiger partial charge >= 0.3 is 18.1 Å². The molecule has 0 aliphatic carbocycles. The molecule has 3 rings (SSSR count). The number of nitrogens with two attached hydrogens (primary N) is 2. The van der Waals surface area contributed by atoms with Crippen LogP contribution in [0.25, 0.3) is 11.1 Å². The number of sulfonamides is 1. The molecule has 3 aromatic carbocycles. The summed E-state index contributed by atoms with van der Waals surface area (Å²) in [6, 6.07) is 16.2. The SMILES string of the molecule is N/N=C/c1cccc(C[C@H](NC(=O)c2ccc(-c3ccccc3S(N)(=O)=O)cc2)C(=O)OOC(=O)C(F)(F)F)c1. The minimum Gasteiger partial charge on any atom is -0.338 e. The van der Waals surface area contributed by atoms with Gasteiger partial charge in [-0.15, -0.1) is 0 Å². The lowest BCUT2D eigenvalue weighted by atomic mass is 10.0. The fraction of sp³-hybridized carbons (Fsp3) is 0.120. The van der Waals surface area contributed by atoms with E-state index < -0.39 is 40.1 Å². The number of primary sulfonamides is 1. The Hall–Kier alpha value is -4.76. The van der Waals surface area contributed by atoms with Crippen LogP contribution in [0.15, 0.2) is 82.8 Å². The average Bonchev–Trinajstić information content (AvgIpc) is 2.90. The van der Waals surface area contributed by atoms with Gasteiger partial charge in [-0.1, -0.05) is 54.6 Å². The first-order chi connectivity index (χ1) is 18.8. The second-order valence-electron chi connectivity index (χ2n) is 8.14. The minimum atomic E-state index is -5.42. The summed E-state index contributed by atoms with van der Waals surface area (Å²) in [6.45, 7) is 0. The van der Waals surface area contributed by atoms with Crippen LogP contribution in [0.5, 0.6) is 0 Å². The number of rotatable bonds is 8. The van der Waals surface area contributed by atoms with Gasteiger partial charge in [-0.2, -0.15) is 18.3 Å². The Morgan fingerprint density at radius 1 is 0.975 bits per heavy atom. The molecule has 15 heteroatoms. The summed E-state index contributed by atoms with van der Waals surface area (Å²) < 4.78 is 61.1. The van der Waals surface area contributed by atoms with E-state index in [9.17, 15) is 36.0 Å². The highest BCUT2D eigenvalue weighted by Crippen LogP contribution is 2.27. The van der Waals surface area contributed by atoms with Crippen LogP contribution in [0.1, 0.15) is 21.5 Å². The molecule has 40 heavy (non-hydrogen) atoms. The van der Waals surface area contributed by atoms with Crippen molar-refractivity contribution < 1.29 is 45.7 Å². The molecule has 11 nitrogen and oxygen atoms in total. The van der Waals surface area contributed by atoms with Gasteiger partial charge in [-0.3, -0.25) is 4.79 Å². The smallest absolute Gasteiger partial charge is 0.338 e. The van der Waals surface area contributed by atoms with Crippen molar-refractivity contribution in [3.8, 4) is 11.1 Å². The summed E-state index contributed by atoms with van der Waals surface area (Å²) in [6.07, 6.45) is -4.39. The van der Waals surface area contributed by atoms with Crippen molar-refractivity contribution >= 4 is 34.1 Å². The molecule has 0 saturated carbocycles. The number of carbonyl (C=O) groups is 3. The normalized spacial score (nSPS) is 12.5. The fourth-order valence-electron chi connectivity index (χ4n) is 3.50. The van der Waals surface area contributed by atoms with E-state index in [4.69, 9.17) is 11.0 Å². The largest absolute Gasteiger partial charge is 0.495 e.